The van der Waals surface area contributed by atoms with Gasteiger partial charge in [-0.15, -0.1) is 0 Å². The van der Waals surface area contributed by atoms with Gasteiger partial charge >= 0.3 is 0 Å². The van der Waals surface area contributed by atoms with Crippen molar-refractivity contribution in [2.24, 2.45) is 5.92 Å². The Hall–Kier alpha value is -0.920. The van der Waals surface area contributed by atoms with Crippen LogP contribution in [0, 0.1) is 5.92 Å². The Morgan fingerprint density at radius 1 is 1.00 bits per heavy atom. The third-order valence-electron chi connectivity index (χ3n) is 2.60. The summed E-state index contributed by atoms with van der Waals surface area (Å²) in [4.78, 5) is 22.5. The molecule has 0 unspecified atom stereocenters. The summed E-state index contributed by atoms with van der Waals surface area (Å²) in [5.74, 6) is 0.779. The summed E-state index contributed by atoms with van der Waals surface area (Å²) >= 11 is 0. The van der Waals surface area contributed by atoms with E-state index in [0.29, 0.717) is 5.92 Å². The van der Waals surface area contributed by atoms with Crippen LogP contribution in [0.5, 0.6) is 0 Å². The van der Waals surface area contributed by atoms with Crippen LogP contribution in [0.15, 0.2) is 9.59 Å². The Balaban J connectivity index is 2.83. The average Bonchev–Trinajstić information content (AvgIpc) is 2.09. The van der Waals surface area contributed by atoms with E-state index in [-0.39, 0.29) is 16.8 Å². The first-order valence-corrected chi connectivity index (χ1v) is 5.27. The van der Waals surface area contributed by atoms with Crippen molar-refractivity contribution in [1.82, 2.24) is 0 Å². The first-order valence-electron chi connectivity index (χ1n) is 5.27. The fraction of sp³-hybridized carbons (Fsp3) is 0.667. The highest BCUT2D eigenvalue weighted by Gasteiger charge is 2.22. The van der Waals surface area contributed by atoms with E-state index in [2.05, 4.69) is 13.8 Å². The van der Waals surface area contributed by atoms with Crippen LogP contribution in [0.2, 0.25) is 0 Å². The minimum absolute atomic E-state index is 0.197. The summed E-state index contributed by atoms with van der Waals surface area (Å²) in [6.07, 6.45) is 1.76. The van der Waals surface area contributed by atoms with Crippen molar-refractivity contribution in [1.29, 1.82) is 0 Å². The van der Waals surface area contributed by atoms with E-state index in [1.807, 2.05) is 13.8 Å². The minimum atomic E-state index is -0.251. The molecule has 78 valence electrons. The van der Waals surface area contributed by atoms with E-state index >= 15 is 0 Å². The zero-order valence-corrected chi connectivity index (χ0v) is 9.39. The Morgan fingerprint density at radius 2 is 1.57 bits per heavy atom. The summed E-state index contributed by atoms with van der Waals surface area (Å²) in [7, 11) is 0. The van der Waals surface area contributed by atoms with Gasteiger partial charge in [0.2, 0.25) is 10.9 Å². The van der Waals surface area contributed by atoms with Gasteiger partial charge in [0.25, 0.3) is 0 Å². The second kappa shape index (κ2) is 4.07. The maximum Gasteiger partial charge on any atom is 0.229 e. The monoisotopic (exact) mass is 194 g/mol. The van der Waals surface area contributed by atoms with Crippen molar-refractivity contribution in [3.8, 4) is 0 Å². The molecule has 2 nitrogen and oxygen atoms in total. The highest BCUT2D eigenvalue weighted by molar-refractivity contribution is 5.35. The lowest BCUT2D eigenvalue weighted by molar-refractivity contribution is 0.579. The van der Waals surface area contributed by atoms with Crippen LogP contribution < -0.4 is 10.9 Å². The Morgan fingerprint density at radius 3 is 2.00 bits per heavy atom. The van der Waals surface area contributed by atoms with Gasteiger partial charge in [0.15, 0.2) is 0 Å². The smallest absolute Gasteiger partial charge is 0.229 e. The lowest BCUT2D eigenvalue weighted by atomic mass is 9.88. The van der Waals surface area contributed by atoms with Crippen LogP contribution in [-0.2, 0) is 6.42 Å². The van der Waals surface area contributed by atoms with Gasteiger partial charge in [0, 0.05) is 11.1 Å². The molecule has 1 rings (SSSR count). The molecule has 0 heterocycles. The molecule has 0 aliphatic carbocycles. The van der Waals surface area contributed by atoms with Crippen LogP contribution in [0.1, 0.15) is 51.2 Å². The maximum absolute atomic E-state index is 11.3. The molecule has 14 heavy (non-hydrogen) atoms. The van der Waals surface area contributed by atoms with E-state index in [1.165, 1.54) is 0 Å². The van der Waals surface area contributed by atoms with E-state index in [1.54, 1.807) is 0 Å². The lowest BCUT2D eigenvalue weighted by Crippen LogP contribution is -2.40. The molecule has 0 fully saturated rings. The predicted octanol–water partition coefficient (Wildman–Crippen LogP) is 1.99. The molecule has 0 bridgehead atoms. The van der Waals surface area contributed by atoms with Crippen molar-refractivity contribution < 1.29 is 0 Å². The van der Waals surface area contributed by atoms with Crippen molar-refractivity contribution in [2.45, 2.75) is 46.5 Å². The SMILES string of the molecule is CC(C)CCc1c(C(C)C)c(=O)c1=O. The maximum atomic E-state index is 11.3. The zero-order chi connectivity index (χ0) is 10.9. The normalized spacial score (nSPS) is 11.9. The standard InChI is InChI=1S/C12H18O2/c1-7(2)5-6-9-10(8(3)4)12(14)11(9)13/h7-8H,5-6H2,1-4H3. The van der Waals surface area contributed by atoms with Crippen molar-refractivity contribution in [2.75, 3.05) is 0 Å². The lowest BCUT2D eigenvalue weighted by Gasteiger charge is -2.14. The minimum Gasteiger partial charge on any atom is -0.285 e. The molecular formula is C12H18O2. The molecule has 0 N–H and O–H groups in total. The molecule has 0 radical (unpaired) electrons. The fourth-order valence-electron chi connectivity index (χ4n) is 1.75. The van der Waals surface area contributed by atoms with Gasteiger partial charge in [-0.05, 0) is 24.7 Å². The van der Waals surface area contributed by atoms with E-state index in [9.17, 15) is 9.59 Å². The van der Waals surface area contributed by atoms with Gasteiger partial charge in [-0.3, -0.25) is 9.59 Å². The summed E-state index contributed by atoms with van der Waals surface area (Å²) < 4.78 is 0. The molecule has 0 amide bonds. The summed E-state index contributed by atoms with van der Waals surface area (Å²) in [5, 5.41) is 0. The molecule has 1 aromatic carbocycles. The second-order valence-corrected chi connectivity index (χ2v) is 4.64. The van der Waals surface area contributed by atoms with E-state index < -0.39 is 0 Å². The summed E-state index contributed by atoms with van der Waals surface area (Å²) in [6.45, 7) is 8.19. The van der Waals surface area contributed by atoms with Crippen molar-refractivity contribution in [3.05, 3.63) is 31.6 Å². The molecule has 0 aliphatic heterocycles. The summed E-state index contributed by atoms with van der Waals surface area (Å²) in [5.41, 5.74) is 1.07. The molecule has 0 atom stereocenters. The first kappa shape index (κ1) is 11.2. The van der Waals surface area contributed by atoms with Gasteiger partial charge in [-0.1, -0.05) is 27.7 Å². The largest absolute Gasteiger partial charge is 0.285 e. The molecule has 0 saturated carbocycles. The predicted molar refractivity (Wildman–Crippen MR) is 58.6 cm³/mol. The summed E-state index contributed by atoms with van der Waals surface area (Å²) in [6, 6.07) is 0. The second-order valence-electron chi connectivity index (χ2n) is 4.64. The average molecular weight is 194 g/mol. The third kappa shape index (κ3) is 1.94. The van der Waals surface area contributed by atoms with Gasteiger partial charge in [0.1, 0.15) is 0 Å². The van der Waals surface area contributed by atoms with Gasteiger partial charge < -0.3 is 0 Å². The Bertz CT molecular complexity index is 379. The molecule has 1 aromatic rings. The zero-order valence-electron chi connectivity index (χ0n) is 9.39. The van der Waals surface area contributed by atoms with Crippen molar-refractivity contribution >= 4 is 0 Å². The van der Waals surface area contributed by atoms with E-state index in [4.69, 9.17) is 0 Å². The molecule has 0 aliphatic rings. The van der Waals surface area contributed by atoms with Crippen molar-refractivity contribution in [3.63, 3.8) is 0 Å². The Labute approximate surface area is 84.7 Å². The van der Waals surface area contributed by atoms with Crippen LogP contribution in [0.25, 0.3) is 0 Å². The number of hydrogen-bond donors (Lipinski definition) is 0. The van der Waals surface area contributed by atoms with Crippen LogP contribution in [-0.4, -0.2) is 0 Å². The van der Waals surface area contributed by atoms with Gasteiger partial charge in [0.05, 0.1) is 0 Å². The third-order valence-corrected chi connectivity index (χ3v) is 2.60. The van der Waals surface area contributed by atoms with Crippen LogP contribution in [0.3, 0.4) is 0 Å². The molecule has 0 saturated heterocycles. The highest BCUT2D eigenvalue weighted by Crippen LogP contribution is 2.17. The molecule has 2 heteroatoms. The molecular weight excluding hydrogens is 176 g/mol. The van der Waals surface area contributed by atoms with E-state index in [0.717, 1.165) is 24.0 Å². The first-order chi connectivity index (χ1) is 6.45. The quantitative estimate of drug-likeness (QED) is 0.687. The number of hydrogen-bond acceptors (Lipinski definition) is 2. The van der Waals surface area contributed by atoms with Crippen LogP contribution in [0.4, 0.5) is 0 Å². The molecule has 0 aromatic heterocycles. The molecule has 0 spiro atoms. The van der Waals surface area contributed by atoms with Gasteiger partial charge in [-0.2, -0.15) is 0 Å². The number of rotatable bonds is 4. The fourth-order valence-corrected chi connectivity index (χ4v) is 1.75. The highest BCUT2D eigenvalue weighted by atomic mass is 16.2. The Kier molecular flexibility index (Phi) is 3.25. The topological polar surface area (TPSA) is 34.1 Å². The van der Waals surface area contributed by atoms with Gasteiger partial charge in [-0.25, -0.2) is 0 Å². The van der Waals surface area contributed by atoms with Crippen LogP contribution >= 0.6 is 0 Å².